The SMILES string of the molecule is COC(=O)c1cccnc1N1CC[C@H](O)[C@@](CO)(Cc2ccc(F)cc2)C1. The summed E-state index contributed by atoms with van der Waals surface area (Å²) in [6, 6.07) is 9.33. The number of esters is 1. The van der Waals surface area contributed by atoms with Crippen molar-refractivity contribution in [1.29, 1.82) is 0 Å². The number of methoxy groups -OCH3 is 1. The Morgan fingerprint density at radius 3 is 2.78 bits per heavy atom. The zero-order valence-electron chi connectivity index (χ0n) is 15.1. The van der Waals surface area contributed by atoms with Crippen LogP contribution in [0.3, 0.4) is 0 Å². The van der Waals surface area contributed by atoms with E-state index in [1.807, 2.05) is 4.90 Å². The monoisotopic (exact) mass is 374 g/mol. The van der Waals surface area contributed by atoms with Crippen molar-refractivity contribution in [2.45, 2.75) is 18.9 Å². The smallest absolute Gasteiger partial charge is 0.341 e. The van der Waals surface area contributed by atoms with Crippen molar-refractivity contribution in [3.8, 4) is 0 Å². The highest BCUT2D eigenvalue weighted by Gasteiger charge is 2.43. The molecule has 3 rings (SSSR count). The van der Waals surface area contributed by atoms with Gasteiger partial charge in [-0.3, -0.25) is 0 Å². The molecular weight excluding hydrogens is 351 g/mol. The molecule has 1 aliphatic heterocycles. The molecule has 27 heavy (non-hydrogen) atoms. The second-order valence-electron chi connectivity index (χ2n) is 6.92. The number of aliphatic hydroxyl groups is 2. The maximum absolute atomic E-state index is 13.2. The number of ether oxygens (including phenoxy) is 1. The van der Waals surface area contributed by atoms with Crippen LogP contribution in [0.15, 0.2) is 42.6 Å². The van der Waals surface area contributed by atoms with E-state index in [-0.39, 0.29) is 12.4 Å². The molecule has 0 radical (unpaired) electrons. The van der Waals surface area contributed by atoms with Gasteiger partial charge in [0, 0.05) is 24.7 Å². The second kappa shape index (κ2) is 8.02. The fraction of sp³-hybridized carbons (Fsp3) is 0.400. The van der Waals surface area contributed by atoms with Crippen molar-refractivity contribution < 1.29 is 24.1 Å². The average molecular weight is 374 g/mol. The number of hydrogen-bond donors (Lipinski definition) is 2. The maximum Gasteiger partial charge on any atom is 0.341 e. The predicted molar refractivity (Wildman–Crippen MR) is 98.0 cm³/mol. The van der Waals surface area contributed by atoms with Gasteiger partial charge in [0.15, 0.2) is 0 Å². The van der Waals surface area contributed by atoms with E-state index in [1.54, 1.807) is 30.5 Å². The normalized spacial score (nSPS) is 22.5. The highest BCUT2D eigenvalue weighted by molar-refractivity contribution is 5.94. The minimum absolute atomic E-state index is 0.248. The number of aliphatic hydroxyl groups excluding tert-OH is 2. The molecule has 144 valence electrons. The molecule has 0 bridgehead atoms. The number of carbonyl (C=O) groups is 1. The van der Waals surface area contributed by atoms with Crippen LogP contribution < -0.4 is 4.90 Å². The van der Waals surface area contributed by atoms with Gasteiger partial charge in [-0.1, -0.05) is 12.1 Å². The van der Waals surface area contributed by atoms with Crippen molar-refractivity contribution in [2.75, 3.05) is 31.7 Å². The molecule has 0 amide bonds. The van der Waals surface area contributed by atoms with E-state index in [9.17, 15) is 19.4 Å². The highest BCUT2D eigenvalue weighted by atomic mass is 19.1. The summed E-state index contributed by atoms with van der Waals surface area (Å²) in [5.41, 5.74) is 0.312. The van der Waals surface area contributed by atoms with Crippen molar-refractivity contribution >= 4 is 11.8 Å². The van der Waals surface area contributed by atoms with Gasteiger partial charge >= 0.3 is 5.97 Å². The number of carbonyl (C=O) groups excluding carboxylic acids is 1. The number of hydrogen-bond acceptors (Lipinski definition) is 6. The highest BCUT2D eigenvalue weighted by Crippen LogP contribution is 2.36. The first-order valence-corrected chi connectivity index (χ1v) is 8.81. The molecule has 1 aromatic carbocycles. The molecule has 0 spiro atoms. The number of nitrogens with zero attached hydrogens (tertiary/aromatic N) is 2. The Balaban J connectivity index is 1.91. The van der Waals surface area contributed by atoms with Crippen molar-refractivity contribution in [1.82, 2.24) is 4.98 Å². The summed E-state index contributed by atoms with van der Waals surface area (Å²) in [5, 5.41) is 20.8. The van der Waals surface area contributed by atoms with Crippen LogP contribution in [-0.4, -0.2) is 54.1 Å². The molecule has 1 aliphatic rings. The van der Waals surface area contributed by atoms with Crippen molar-refractivity contribution in [2.24, 2.45) is 5.41 Å². The lowest BCUT2D eigenvalue weighted by Gasteiger charge is -2.46. The zero-order valence-corrected chi connectivity index (χ0v) is 15.1. The van der Waals surface area contributed by atoms with E-state index < -0.39 is 17.5 Å². The van der Waals surface area contributed by atoms with Crippen LogP contribution in [0.5, 0.6) is 0 Å². The standard InChI is InChI=1S/C20H23FN2O4/c1-27-19(26)16-3-2-9-22-18(16)23-10-8-17(25)20(12-23,13-24)11-14-4-6-15(21)7-5-14/h2-7,9,17,24-25H,8,10-13H2,1H3/t17-,20-/m0/s1. The molecule has 2 atom stereocenters. The Hall–Kier alpha value is -2.51. The molecule has 0 aliphatic carbocycles. The first-order valence-electron chi connectivity index (χ1n) is 8.81. The Morgan fingerprint density at radius 1 is 1.37 bits per heavy atom. The molecule has 1 saturated heterocycles. The van der Waals surface area contributed by atoms with Gasteiger partial charge in [0.2, 0.25) is 0 Å². The van der Waals surface area contributed by atoms with E-state index in [1.165, 1.54) is 19.2 Å². The topological polar surface area (TPSA) is 82.9 Å². The number of pyridine rings is 1. The fourth-order valence-corrected chi connectivity index (χ4v) is 3.64. The van der Waals surface area contributed by atoms with E-state index in [0.29, 0.717) is 37.3 Å². The molecule has 0 unspecified atom stereocenters. The summed E-state index contributed by atoms with van der Waals surface area (Å²) in [5.74, 6) is -0.357. The Labute approximate surface area is 157 Å². The minimum atomic E-state index is -0.846. The first-order chi connectivity index (χ1) is 13.0. The van der Waals surface area contributed by atoms with Crippen LogP contribution in [0.1, 0.15) is 22.3 Å². The van der Waals surface area contributed by atoms with Gasteiger partial charge in [0.25, 0.3) is 0 Å². The van der Waals surface area contributed by atoms with Gasteiger partial charge in [-0.15, -0.1) is 0 Å². The maximum atomic E-state index is 13.2. The average Bonchev–Trinajstić information content (AvgIpc) is 2.71. The third-order valence-electron chi connectivity index (χ3n) is 5.16. The van der Waals surface area contributed by atoms with Crippen molar-refractivity contribution in [3.63, 3.8) is 0 Å². The van der Waals surface area contributed by atoms with E-state index in [2.05, 4.69) is 4.98 Å². The van der Waals surface area contributed by atoms with E-state index in [0.717, 1.165) is 5.56 Å². The Kier molecular flexibility index (Phi) is 5.72. The first kappa shape index (κ1) is 19.3. The number of halogens is 1. The molecule has 7 heteroatoms. The molecule has 2 aromatic rings. The van der Waals surface area contributed by atoms with Crippen LogP contribution in [-0.2, 0) is 11.2 Å². The molecule has 1 fully saturated rings. The van der Waals surface area contributed by atoms with Gasteiger partial charge < -0.3 is 19.8 Å². The summed E-state index contributed by atoms with van der Waals surface area (Å²) in [6.45, 7) is 0.554. The molecular formula is C20H23FN2O4. The number of piperidine rings is 1. The lowest BCUT2D eigenvalue weighted by molar-refractivity contribution is -0.0293. The van der Waals surface area contributed by atoms with E-state index >= 15 is 0 Å². The van der Waals surface area contributed by atoms with Crippen LogP contribution in [0.4, 0.5) is 10.2 Å². The van der Waals surface area contributed by atoms with Gasteiger partial charge in [-0.2, -0.15) is 0 Å². The molecule has 6 nitrogen and oxygen atoms in total. The number of benzene rings is 1. The summed E-state index contributed by atoms with van der Waals surface area (Å²) >= 11 is 0. The van der Waals surface area contributed by atoms with Gasteiger partial charge in [-0.05, 0) is 42.7 Å². The number of aromatic nitrogens is 1. The molecule has 2 N–H and O–H groups in total. The Bertz CT molecular complexity index is 799. The lowest BCUT2D eigenvalue weighted by atomic mass is 9.73. The van der Waals surface area contributed by atoms with Crippen LogP contribution >= 0.6 is 0 Å². The summed E-state index contributed by atoms with van der Waals surface area (Å²) in [6.07, 6.45) is 1.66. The zero-order chi connectivity index (χ0) is 19.4. The van der Waals surface area contributed by atoms with E-state index in [4.69, 9.17) is 4.74 Å². The summed E-state index contributed by atoms with van der Waals surface area (Å²) in [4.78, 5) is 18.3. The minimum Gasteiger partial charge on any atom is -0.465 e. The fourth-order valence-electron chi connectivity index (χ4n) is 3.64. The molecule has 2 heterocycles. The van der Waals surface area contributed by atoms with Gasteiger partial charge in [-0.25, -0.2) is 14.2 Å². The van der Waals surface area contributed by atoms with Gasteiger partial charge in [0.05, 0.1) is 19.8 Å². The van der Waals surface area contributed by atoms with Crippen molar-refractivity contribution in [3.05, 3.63) is 59.5 Å². The second-order valence-corrected chi connectivity index (χ2v) is 6.92. The van der Waals surface area contributed by atoms with Crippen LogP contribution in [0.2, 0.25) is 0 Å². The third-order valence-corrected chi connectivity index (χ3v) is 5.16. The predicted octanol–water partition coefficient (Wildman–Crippen LogP) is 1.80. The largest absolute Gasteiger partial charge is 0.465 e. The van der Waals surface area contributed by atoms with Crippen LogP contribution in [0, 0.1) is 11.2 Å². The Morgan fingerprint density at radius 2 is 2.11 bits per heavy atom. The summed E-state index contributed by atoms with van der Waals surface area (Å²) < 4.78 is 18.0. The molecule has 0 saturated carbocycles. The van der Waals surface area contributed by atoms with Crippen LogP contribution in [0.25, 0.3) is 0 Å². The number of rotatable bonds is 5. The molecule has 1 aromatic heterocycles. The number of anilines is 1. The summed E-state index contributed by atoms with van der Waals surface area (Å²) in [7, 11) is 1.31. The third kappa shape index (κ3) is 3.94. The van der Waals surface area contributed by atoms with Gasteiger partial charge in [0.1, 0.15) is 17.2 Å². The lowest BCUT2D eigenvalue weighted by Crippen LogP contribution is -2.55. The quantitative estimate of drug-likeness (QED) is 0.777.